The van der Waals surface area contributed by atoms with E-state index in [4.69, 9.17) is 28.9 Å². The van der Waals surface area contributed by atoms with E-state index in [1.54, 1.807) is 24.3 Å². The van der Waals surface area contributed by atoms with Gasteiger partial charge in [-0.25, -0.2) is 26.3 Å². The third-order valence-electron chi connectivity index (χ3n) is 9.48. The number of fused-ring (bicyclic) bond motifs is 2. The summed E-state index contributed by atoms with van der Waals surface area (Å²) in [4.78, 5) is 28.9. The Hall–Kier alpha value is -5.66. The maximum atomic E-state index is 15.5. The molecule has 2 N–H and O–H groups in total. The third-order valence-corrected chi connectivity index (χ3v) is 12.3. The van der Waals surface area contributed by atoms with Crippen LogP contribution in [-0.2, 0) is 17.6 Å². The summed E-state index contributed by atoms with van der Waals surface area (Å²) < 4.78 is 90.3. The van der Waals surface area contributed by atoms with Crippen molar-refractivity contribution >= 4 is 83.5 Å². The molecule has 0 aliphatic rings. The molecule has 0 bridgehead atoms. The second-order valence-corrected chi connectivity index (χ2v) is 16.9. The first kappa shape index (κ1) is 40.1. The number of rotatable bonds is 10. The van der Waals surface area contributed by atoms with Gasteiger partial charge in [-0.05, 0) is 130 Å². The van der Waals surface area contributed by atoms with Crippen LogP contribution in [0.1, 0.15) is 31.2 Å². The van der Waals surface area contributed by atoms with E-state index in [1.807, 2.05) is 0 Å². The molecular formula is C45H26Cl2F6N2O2S2. The zero-order chi connectivity index (χ0) is 41.7. The molecule has 2 amide bonds. The van der Waals surface area contributed by atoms with Crippen LogP contribution in [-0.4, -0.2) is 18.4 Å². The van der Waals surface area contributed by atoms with Crippen LogP contribution < -0.4 is 10.6 Å². The second-order valence-electron chi connectivity index (χ2n) is 13.8. The molecule has 4 nitrogen and oxygen atoms in total. The summed E-state index contributed by atoms with van der Waals surface area (Å²) in [5.41, 5.74) is 7.64. The molecule has 59 heavy (non-hydrogen) atoms. The fourth-order valence-electron chi connectivity index (χ4n) is 7.09. The predicted octanol–water partition coefficient (Wildman–Crippen LogP) is 12.9. The van der Waals surface area contributed by atoms with Gasteiger partial charge in [0.05, 0.1) is 0 Å². The quantitative estimate of drug-likeness (QED) is 0.139. The number of halogens is 8. The van der Waals surface area contributed by atoms with Gasteiger partial charge in [0, 0.05) is 64.1 Å². The highest BCUT2D eigenvalue weighted by Gasteiger charge is 2.24. The molecule has 0 fully saturated rings. The fraction of sp³-hybridized carbons (Fsp3) is 0.0667. The SMILES string of the molecule is NC(=O)CN(C(=O)c1cc(F)cc(-c2ccc(F)c3cc(Cc4cc(F)cc(Cl)c4)sc23)c1)c1cc(F)cc(-c2ccc(F)c3cc(Cc4cc(F)cc(Cl)c4)sc23)c1. The molecule has 0 spiro atoms. The highest BCUT2D eigenvalue weighted by molar-refractivity contribution is 7.20. The Morgan fingerprint density at radius 2 is 1.03 bits per heavy atom. The molecule has 0 radical (unpaired) electrons. The summed E-state index contributed by atoms with van der Waals surface area (Å²) in [5, 5.41) is 0.883. The molecule has 0 saturated carbocycles. The van der Waals surface area contributed by atoms with Gasteiger partial charge in [-0.2, -0.15) is 0 Å². The molecule has 8 aromatic rings. The molecule has 0 atom stereocenters. The maximum absolute atomic E-state index is 15.5. The van der Waals surface area contributed by atoms with E-state index in [0.29, 0.717) is 41.4 Å². The first-order chi connectivity index (χ1) is 28.2. The Kier molecular flexibility index (Phi) is 11.0. The van der Waals surface area contributed by atoms with Crippen LogP contribution in [0.4, 0.5) is 32.0 Å². The van der Waals surface area contributed by atoms with Crippen molar-refractivity contribution in [2.75, 3.05) is 11.4 Å². The lowest BCUT2D eigenvalue weighted by Crippen LogP contribution is -2.38. The van der Waals surface area contributed by atoms with Crippen LogP contribution in [0.2, 0.25) is 10.0 Å². The van der Waals surface area contributed by atoms with Gasteiger partial charge >= 0.3 is 0 Å². The Morgan fingerprint density at radius 1 is 0.559 bits per heavy atom. The molecule has 2 heterocycles. The van der Waals surface area contributed by atoms with Crippen LogP contribution in [0.5, 0.6) is 0 Å². The van der Waals surface area contributed by atoms with E-state index in [-0.39, 0.29) is 56.0 Å². The monoisotopic (exact) mass is 874 g/mol. The lowest BCUT2D eigenvalue weighted by atomic mass is 10.00. The summed E-state index contributed by atoms with van der Waals surface area (Å²) in [5.74, 6) is -5.59. The molecule has 0 aliphatic carbocycles. The number of hydrogen-bond acceptors (Lipinski definition) is 4. The Morgan fingerprint density at radius 3 is 1.53 bits per heavy atom. The van der Waals surface area contributed by atoms with E-state index < -0.39 is 53.3 Å². The van der Waals surface area contributed by atoms with Crippen LogP contribution >= 0.6 is 45.9 Å². The lowest BCUT2D eigenvalue weighted by molar-refractivity contribution is -0.116. The van der Waals surface area contributed by atoms with E-state index in [2.05, 4.69) is 0 Å². The molecule has 0 saturated heterocycles. The highest BCUT2D eigenvalue weighted by Crippen LogP contribution is 2.41. The van der Waals surface area contributed by atoms with Crippen molar-refractivity contribution in [2.45, 2.75) is 12.8 Å². The number of benzene rings is 6. The van der Waals surface area contributed by atoms with Crippen molar-refractivity contribution in [3.8, 4) is 22.3 Å². The molecule has 0 unspecified atom stereocenters. The fourth-order valence-corrected chi connectivity index (χ4v) is 10.1. The average Bonchev–Trinajstić information content (AvgIpc) is 3.78. The summed E-state index contributed by atoms with van der Waals surface area (Å²) in [7, 11) is 0. The minimum absolute atomic E-state index is 0.0946. The number of nitrogens with two attached hydrogens (primary N) is 1. The Labute approximate surface area is 350 Å². The van der Waals surface area contributed by atoms with Gasteiger partial charge < -0.3 is 5.73 Å². The molecular weight excluding hydrogens is 850 g/mol. The first-order valence-corrected chi connectivity index (χ1v) is 20.1. The van der Waals surface area contributed by atoms with Crippen molar-refractivity contribution in [3.05, 3.63) is 181 Å². The highest BCUT2D eigenvalue weighted by atomic mass is 35.5. The van der Waals surface area contributed by atoms with Crippen molar-refractivity contribution in [3.63, 3.8) is 0 Å². The van der Waals surface area contributed by atoms with Crippen molar-refractivity contribution in [2.24, 2.45) is 5.73 Å². The molecule has 2 aromatic heterocycles. The van der Waals surface area contributed by atoms with Crippen LogP contribution in [0.15, 0.2) is 109 Å². The molecule has 8 rings (SSSR count). The van der Waals surface area contributed by atoms with Crippen LogP contribution in [0.25, 0.3) is 42.4 Å². The normalized spacial score (nSPS) is 11.5. The maximum Gasteiger partial charge on any atom is 0.258 e. The molecule has 14 heteroatoms. The van der Waals surface area contributed by atoms with Gasteiger partial charge in [0.2, 0.25) is 5.91 Å². The largest absolute Gasteiger partial charge is 0.368 e. The molecule has 0 aliphatic heterocycles. The summed E-state index contributed by atoms with van der Waals surface area (Å²) >= 11 is 14.5. The van der Waals surface area contributed by atoms with Crippen molar-refractivity contribution in [1.82, 2.24) is 0 Å². The van der Waals surface area contributed by atoms with E-state index >= 15 is 17.6 Å². The van der Waals surface area contributed by atoms with Gasteiger partial charge in [0.1, 0.15) is 41.4 Å². The zero-order valence-corrected chi connectivity index (χ0v) is 33.3. The number of thiophene rings is 2. The minimum atomic E-state index is -0.948. The summed E-state index contributed by atoms with van der Waals surface area (Å²) in [6, 6.07) is 23.9. The number of hydrogen-bond donors (Lipinski definition) is 1. The first-order valence-electron chi connectivity index (χ1n) is 17.7. The van der Waals surface area contributed by atoms with Crippen LogP contribution in [0, 0.1) is 34.9 Å². The lowest BCUT2D eigenvalue weighted by Gasteiger charge is -2.23. The van der Waals surface area contributed by atoms with Gasteiger partial charge in [-0.3, -0.25) is 14.5 Å². The zero-order valence-electron chi connectivity index (χ0n) is 30.2. The van der Waals surface area contributed by atoms with Crippen molar-refractivity contribution in [1.29, 1.82) is 0 Å². The topological polar surface area (TPSA) is 63.4 Å². The van der Waals surface area contributed by atoms with Gasteiger partial charge in [-0.1, -0.05) is 35.3 Å². The van der Waals surface area contributed by atoms with E-state index in [1.165, 1.54) is 95.5 Å². The standard InChI is InChI=1S/C45H26Cl2F6N2O2S2/c46-27-5-22(7-29(48)16-27)9-34-19-38-40(52)3-1-36(43(38)58-34)24-11-26(14-31(50)12-24)45(57)55(21-42(54)56)33-15-25(13-32(51)18-33)37-2-4-41(53)39-20-35(59-44(37)39)10-23-6-28(47)17-30(49)8-23/h1-8,11-20H,9-10,21H2,(H2,54,56). The number of nitrogens with zero attached hydrogens (tertiary/aromatic N) is 1. The van der Waals surface area contributed by atoms with Gasteiger partial charge in [0.25, 0.3) is 5.91 Å². The number of amides is 2. The number of primary amides is 1. The Bertz CT molecular complexity index is 2960. The molecule has 6 aromatic carbocycles. The summed E-state index contributed by atoms with van der Waals surface area (Å²) in [6.07, 6.45) is 0.476. The molecule has 296 valence electrons. The summed E-state index contributed by atoms with van der Waals surface area (Å²) in [6.45, 7) is -0.717. The van der Waals surface area contributed by atoms with Crippen LogP contribution in [0.3, 0.4) is 0 Å². The predicted molar refractivity (Wildman–Crippen MR) is 224 cm³/mol. The number of anilines is 1. The Balaban J connectivity index is 1.16. The number of carbonyl (C=O) groups excluding carboxylic acids is 2. The average molecular weight is 876 g/mol. The smallest absolute Gasteiger partial charge is 0.258 e. The van der Waals surface area contributed by atoms with E-state index in [0.717, 1.165) is 17.0 Å². The van der Waals surface area contributed by atoms with E-state index in [9.17, 15) is 18.4 Å². The van der Waals surface area contributed by atoms with Gasteiger partial charge in [0.15, 0.2) is 0 Å². The number of carbonyl (C=O) groups is 2. The second kappa shape index (κ2) is 16.2. The van der Waals surface area contributed by atoms with Crippen molar-refractivity contribution < 1.29 is 35.9 Å². The third kappa shape index (κ3) is 8.58. The van der Waals surface area contributed by atoms with Gasteiger partial charge in [-0.15, -0.1) is 22.7 Å². The minimum Gasteiger partial charge on any atom is -0.368 e.